The summed E-state index contributed by atoms with van der Waals surface area (Å²) in [5.41, 5.74) is 0. The molecule has 0 aromatic heterocycles. The summed E-state index contributed by atoms with van der Waals surface area (Å²) in [6, 6.07) is 0. The molecule has 0 saturated heterocycles. The molecule has 0 aliphatic rings. The molecule has 0 aromatic carbocycles. The molecule has 0 fully saturated rings. The highest BCUT2D eigenvalue weighted by Crippen LogP contribution is 2.19. The molecule has 0 aromatic rings. The molecule has 4 heteroatoms. The predicted octanol–water partition coefficient (Wildman–Crippen LogP) is 1.79. The lowest BCUT2D eigenvalue weighted by Crippen LogP contribution is -1.98. The van der Waals surface area contributed by atoms with E-state index in [-0.39, 0.29) is 8.15 Å². The third kappa shape index (κ3) is 6.49. The molecule has 1 N–H and O–H groups in total. The van der Waals surface area contributed by atoms with Gasteiger partial charge in [-0.1, -0.05) is 6.92 Å². The van der Waals surface area contributed by atoms with Gasteiger partial charge in [-0.25, -0.2) is 0 Å². The minimum Gasteiger partial charge on any atom is -0.289 e. The third-order valence-corrected chi connectivity index (χ3v) is 1.75. The maximum absolute atomic E-state index is 9.73. The van der Waals surface area contributed by atoms with Crippen molar-refractivity contribution < 1.29 is 4.57 Å². The first-order valence-corrected chi connectivity index (χ1v) is 4.87. The van der Waals surface area contributed by atoms with Crippen molar-refractivity contribution in [3.8, 4) is 0 Å². The van der Waals surface area contributed by atoms with Gasteiger partial charge >= 0.3 is 0 Å². The monoisotopic (exact) mass is 137 g/mol. The second-order valence-corrected chi connectivity index (χ2v) is 3.11. The lowest BCUT2D eigenvalue weighted by molar-refractivity contribution is 0.605. The van der Waals surface area contributed by atoms with Crippen LogP contribution >= 0.6 is 16.6 Å². The summed E-state index contributed by atoms with van der Waals surface area (Å²) in [6.45, 7) is 3.06. The average Bonchev–Trinajstić information content (AvgIpc) is 1.69. The van der Waals surface area contributed by atoms with Gasteiger partial charge in [0.25, 0.3) is 0 Å². The van der Waals surface area contributed by atoms with E-state index in [9.17, 15) is 4.57 Å². The van der Waals surface area contributed by atoms with Crippen LogP contribution in [0.3, 0.4) is 0 Å². The van der Waals surface area contributed by atoms with E-state index in [2.05, 4.69) is 12.0 Å². The molecule has 0 amide bonds. The molecule has 7 heavy (non-hydrogen) atoms. The van der Waals surface area contributed by atoms with Gasteiger partial charge in [-0.05, 0) is 13.0 Å². The van der Waals surface area contributed by atoms with Crippen molar-refractivity contribution in [2.24, 2.45) is 0 Å². The van der Waals surface area contributed by atoms with Gasteiger partial charge in [0.05, 0.1) is 0 Å². The zero-order valence-electron chi connectivity index (χ0n) is 4.27. The molecule has 1 atom stereocenters. The second kappa shape index (κ2) is 6.49. The summed E-state index contributed by atoms with van der Waals surface area (Å²) in [5.74, 6) is 0. The molecule has 0 saturated carbocycles. The Labute approximate surface area is 47.0 Å². The van der Waals surface area contributed by atoms with Crippen molar-refractivity contribution in [3.63, 3.8) is 0 Å². The first-order valence-electron chi connectivity index (χ1n) is 2.22. The first kappa shape index (κ1) is 7.49. The van der Waals surface area contributed by atoms with Crippen molar-refractivity contribution >= 4 is 16.6 Å². The van der Waals surface area contributed by atoms with E-state index in [0.717, 1.165) is 13.0 Å². The number of hydrogen-bond acceptors (Lipinski definition) is 2. The third-order valence-electron chi connectivity index (χ3n) is 0.500. The Hall–Kier alpha value is 0.490. The maximum atomic E-state index is 9.73. The van der Waals surface area contributed by atoms with Gasteiger partial charge < -0.3 is 0 Å². The minimum absolute atomic E-state index is 0.221. The fraction of sp³-hybridized carbons (Fsp3) is 1.00. The van der Waals surface area contributed by atoms with Crippen LogP contribution in [0.25, 0.3) is 0 Å². The predicted molar refractivity (Wildman–Crippen MR) is 34.2 cm³/mol. The highest BCUT2D eigenvalue weighted by Gasteiger charge is 1.77. The van der Waals surface area contributed by atoms with Crippen LogP contribution in [0, 0.1) is 0 Å². The van der Waals surface area contributed by atoms with Gasteiger partial charge in [0.1, 0.15) is 0 Å². The van der Waals surface area contributed by atoms with Crippen molar-refractivity contribution in [2.75, 3.05) is 6.54 Å². The Balaban J connectivity index is 2.56. The molecule has 0 aliphatic carbocycles. The molecule has 0 bridgehead atoms. The van der Waals surface area contributed by atoms with Crippen LogP contribution in [0.15, 0.2) is 0 Å². The van der Waals surface area contributed by atoms with Gasteiger partial charge in [0, 0.05) is 8.42 Å². The normalized spacial score (nSPS) is 11.6. The highest BCUT2D eigenvalue weighted by molar-refractivity contribution is 8.04. The van der Waals surface area contributed by atoms with Crippen LogP contribution in [-0.2, 0) is 4.57 Å². The summed E-state index contributed by atoms with van der Waals surface area (Å²) in [7, 11) is 0.610. The molecular formula is C3H9NOP2. The Kier molecular flexibility index (Phi) is 6.94. The Morgan fingerprint density at radius 1 is 1.86 bits per heavy atom. The van der Waals surface area contributed by atoms with Crippen molar-refractivity contribution in [3.05, 3.63) is 0 Å². The summed E-state index contributed by atoms with van der Waals surface area (Å²) in [4.78, 5) is 0. The van der Waals surface area contributed by atoms with Gasteiger partial charge in [-0.3, -0.25) is 9.65 Å². The van der Waals surface area contributed by atoms with Crippen LogP contribution in [0.4, 0.5) is 0 Å². The Morgan fingerprint density at radius 3 is 3.00 bits per heavy atom. The van der Waals surface area contributed by atoms with E-state index < -0.39 is 0 Å². The molecule has 0 radical (unpaired) electrons. The largest absolute Gasteiger partial charge is 0.289 e. The van der Waals surface area contributed by atoms with E-state index in [1.165, 1.54) is 0 Å². The first-order chi connectivity index (χ1) is 3.41. The van der Waals surface area contributed by atoms with Crippen LogP contribution < -0.4 is 5.09 Å². The minimum atomic E-state index is 0.221. The van der Waals surface area contributed by atoms with Gasteiger partial charge in [0.2, 0.25) is 0 Å². The van der Waals surface area contributed by atoms with E-state index >= 15 is 0 Å². The summed E-state index contributed by atoms with van der Waals surface area (Å²) in [5, 5.41) is 2.99. The number of hydrogen-bond donors (Lipinski definition) is 1. The fourth-order valence-electron chi connectivity index (χ4n) is 0.213. The Morgan fingerprint density at radius 2 is 2.57 bits per heavy atom. The van der Waals surface area contributed by atoms with Crippen LogP contribution in [0.5, 0.6) is 0 Å². The summed E-state index contributed by atoms with van der Waals surface area (Å²) in [6.07, 6.45) is 1.11. The highest BCUT2D eigenvalue weighted by atomic mass is 32.0. The molecule has 0 heterocycles. The zero-order chi connectivity index (χ0) is 5.54. The van der Waals surface area contributed by atoms with Crippen molar-refractivity contribution in [1.29, 1.82) is 0 Å². The topological polar surface area (TPSA) is 29.1 Å². The molecule has 1 unspecified atom stereocenters. The van der Waals surface area contributed by atoms with E-state index in [0.29, 0.717) is 8.42 Å². The molecule has 42 valence electrons. The summed E-state index contributed by atoms with van der Waals surface area (Å²) >= 11 is 0. The van der Waals surface area contributed by atoms with E-state index in [1.807, 2.05) is 0 Å². The van der Waals surface area contributed by atoms with Crippen LogP contribution in [-0.4, -0.2) is 6.54 Å². The van der Waals surface area contributed by atoms with E-state index in [1.54, 1.807) is 0 Å². The second-order valence-electron chi connectivity index (χ2n) is 1.13. The quantitative estimate of drug-likeness (QED) is 0.472. The molecule has 0 rings (SSSR count). The lowest BCUT2D eigenvalue weighted by atomic mass is 10.5. The number of rotatable bonds is 4. The molecule has 2 nitrogen and oxygen atoms in total. The standard InChI is InChI=1S/C3H9NOP2/c1-2-3-4-6-7-5/h4,6H,2-3H2,1H3. The maximum Gasteiger partial charge on any atom is 0.194 e. The smallest absolute Gasteiger partial charge is 0.194 e. The van der Waals surface area contributed by atoms with Gasteiger partial charge in [-0.2, -0.15) is 0 Å². The number of nitrogens with one attached hydrogen (secondary N) is 1. The lowest BCUT2D eigenvalue weighted by Gasteiger charge is -1.90. The molecule has 0 spiro atoms. The van der Waals surface area contributed by atoms with Crippen molar-refractivity contribution in [2.45, 2.75) is 13.3 Å². The molecular weight excluding hydrogens is 128 g/mol. The zero-order valence-corrected chi connectivity index (χ0v) is 6.16. The summed E-state index contributed by atoms with van der Waals surface area (Å²) < 4.78 is 9.73. The van der Waals surface area contributed by atoms with Crippen molar-refractivity contribution in [1.82, 2.24) is 5.09 Å². The van der Waals surface area contributed by atoms with Crippen LogP contribution in [0.2, 0.25) is 0 Å². The average molecular weight is 137 g/mol. The van der Waals surface area contributed by atoms with Gasteiger partial charge in [-0.15, -0.1) is 0 Å². The van der Waals surface area contributed by atoms with Gasteiger partial charge in [0.15, 0.2) is 8.15 Å². The molecule has 0 aliphatic heterocycles. The SMILES string of the molecule is CCCNPP=O. The van der Waals surface area contributed by atoms with E-state index in [4.69, 9.17) is 0 Å². The van der Waals surface area contributed by atoms with Crippen LogP contribution in [0.1, 0.15) is 13.3 Å². The fourth-order valence-corrected chi connectivity index (χ4v) is 1.17. The Bertz CT molecular complexity index is 50.2.